The van der Waals surface area contributed by atoms with Gasteiger partial charge in [-0.3, -0.25) is 19.2 Å². The fourth-order valence-corrected chi connectivity index (χ4v) is 5.24. The van der Waals surface area contributed by atoms with E-state index in [4.69, 9.17) is 33.2 Å². The molecule has 0 saturated carbocycles. The average molecular weight is 512 g/mol. The minimum atomic E-state index is -0.759. The summed E-state index contributed by atoms with van der Waals surface area (Å²) in [5, 5.41) is 0. The van der Waals surface area contributed by atoms with Gasteiger partial charge in [-0.15, -0.1) is 0 Å². The van der Waals surface area contributed by atoms with E-state index < -0.39 is 47.7 Å². The zero-order chi connectivity index (χ0) is 26.4. The molecule has 0 unspecified atom stereocenters. The number of fused-ring (bicyclic) bond motifs is 3. The molecule has 0 radical (unpaired) electrons. The summed E-state index contributed by atoms with van der Waals surface area (Å²) >= 11 is 0. The maximum absolute atomic E-state index is 13.1. The molecule has 2 aromatic carbocycles. The predicted octanol–water partition coefficient (Wildman–Crippen LogP) is 2.81. The number of esters is 4. The molecule has 2 aliphatic heterocycles. The molecule has 0 bridgehead atoms. The van der Waals surface area contributed by atoms with E-state index in [2.05, 4.69) is 0 Å². The van der Waals surface area contributed by atoms with E-state index >= 15 is 0 Å². The molecule has 0 amide bonds. The molecule has 0 aromatic heterocycles. The Kier molecular flexibility index (Phi) is 6.14. The van der Waals surface area contributed by atoms with Crippen LogP contribution < -0.4 is 23.7 Å². The minimum Gasteiger partial charge on any atom is -0.493 e. The van der Waals surface area contributed by atoms with E-state index in [0.29, 0.717) is 28.2 Å². The summed E-state index contributed by atoms with van der Waals surface area (Å²) in [6.45, 7) is 3.79. The van der Waals surface area contributed by atoms with Crippen LogP contribution in [0.25, 0.3) is 0 Å². The average Bonchev–Trinajstić information content (AvgIpc) is 3.44. The minimum absolute atomic E-state index is 0.0253. The molecule has 1 saturated heterocycles. The number of rotatable bonds is 5. The van der Waals surface area contributed by atoms with Gasteiger partial charge in [-0.05, 0) is 35.4 Å². The van der Waals surface area contributed by atoms with Gasteiger partial charge in [-0.1, -0.05) is 0 Å². The number of cyclic esters (lactones) is 1. The summed E-state index contributed by atoms with van der Waals surface area (Å²) in [4.78, 5) is 48.8. The fourth-order valence-electron chi connectivity index (χ4n) is 5.24. The Bertz CT molecular complexity index is 1310. The van der Waals surface area contributed by atoms with Crippen LogP contribution in [-0.4, -0.2) is 44.4 Å². The Morgan fingerprint density at radius 2 is 1.49 bits per heavy atom. The zero-order valence-corrected chi connectivity index (χ0v) is 20.5. The first-order valence-corrected chi connectivity index (χ1v) is 11.5. The van der Waals surface area contributed by atoms with Gasteiger partial charge in [0, 0.05) is 38.2 Å². The maximum atomic E-state index is 13.1. The fraction of sp³-hybridized carbons (Fsp3) is 0.385. The van der Waals surface area contributed by atoms with Crippen molar-refractivity contribution in [3.05, 3.63) is 41.0 Å². The largest absolute Gasteiger partial charge is 0.493 e. The Balaban J connectivity index is 1.74. The maximum Gasteiger partial charge on any atom is 0.310 e. The molecule has 2 aromatic rings. The summed E-state index contributed by atoms with van der Waals surface area (Å²) in [5.41, 5.74) is 1.81. The molecule has 4 atom stereocenters. The topological polar surface area (TPSA) is 133 Å². The second kappa shape index (κ2) is 9.30. The highest BCUT2D eigenvalue weighted by molar-refractivity contribution is 5.80. The number of benzene rings is 2. The van der Waals surface area contributed by atoms with Crippen LogP contribution in [0.3, 0.4) is 0 Å². The predicted molar refractivity (Wildman–Crippen MR) is 122 cm³/mol. The van der Waals surface area contributed by atoms with E-state index in [1.54, 1.807) is 18.2 Å². The normalized spacial score (nSPS) is 22.9. The van der Waals surface area contributed by atoms with Crippen LogP contribution in [0, 0.1) is 11.8 Å². The van der Waals surface area contributed by atoms with Gasteiger partial charge in [0.1, 0.15) is 6.10 Å². The van der Waals surface area contributed by atoms with Gasteiger partial charge in [0.15, 0.2) is 23.0 Å². The lowest BCUT2D eigenvalue weighted by Gasteiger charge is -2.38. The van der Waals surface area contributed by atoms with Crippen LogP contribution in [0.15, 0.2) is 24.3 Å². The van der Waals surface area contributed by atoms with Crippen LogP contribution in [-0.2, 0) is 28.7 Å². The van der Waals surface area contributed by atoms with Crippen LogP contribution in [0.2, 0.25) is 0 Å². The van der Waals surface area contributed by atoms with E-state index in [0.717, 1.165) is 0 Å². The molecule has 37 heavy (non-hydrogen) atoms. The van der Waals surface area contributed by atoms with Crippen molar-refractivity contribution in [2.75, 3.05) is 20.5 Å². The number of carbonyl (C=O) groups excluding carboxylic acids is 4. The summed E-state index contributed by atoms with van der Waals surface area (Å²) in [5.74, 6) is -3.17. The molecule has 2 heterocycles. The van der Waals surface area contributed by atoms with Gasteiger partial charge in [-0.25, -0.2) is 0 Å². The smallest absolute Gasteiger partial charge is 0.310 e. The van der Waals surface area contributed by atoms with Crippen molar-refractivity contribution >= 4 is 23.9 Å². The SMILES string of the molecule is COc1cc([C@@H]2c3cc4c(cc3[C@H](OC(C)=O)[C@H]3COC(=O)[C@H]23)OCO4)cc(OC(C)=O)c1OC(C)=O. The lowest BCUT2D eigenvalue weighted by Crippen LogP contribution is -2.36. The van der Waals surface area contributed by atoms with E-state index in [1.807, 2.05) is 0 Å². The third kappa shape index (κ3) is 4.30. The Morgan fingerprint density at radius 1 is 0.838 bits per heavy atom. The molecule has 3 aliphatic rings. The number of hydrogen-bond donors (Lipinski definition) is 0. The Morgan fingerprint density at radius 3 is 2.11 bits per heavy atom. The Hall–Kier alpha value is -4.28. The van der Waals surface area contributed by atoms with Gasteiger partial charge >= 0.3 is 23.9 Å². The first kappa shape index (κ1) is 24.4. The molecule has 1 aliphatic carbocycles. The molecule has 0 N–H and O–H groups in total. The van der Waals surface area contributed by atoms with Crippen molar-refractivity contribution in [2.24, 2.45) is 11.8 Å². The van der Waals surface area contributed by atoms with Crippen molar-refractivity contribution < 1.29 is 52.3 Å². The van der Waals surface area contributed by atoms with Crippen LogP contribution >= 0.6 is 0 Å². The number of carbonyl (C=O) groups is 4. The number of methoxy groups -OCH3 is 1. The van der Waals surface area contributed by atoms with Crippen LogP contribution in [0.1, 0.15) is 49.5 Å². The molecule has 194 valence electrons. The molecular formula is C26H24O11. The van der Waals surface area contributed by atoms with E-state index in [1.165, 1.54) is 33.9 Å². The van der Waals surface area contributed by atoms with E-state index in [-0.39, 0.29) is 30.6 Å². The highest BCUT2D eigenvalue weighted by Crippen LogP contribution is 2.56. The quantitative estimate of drug-likeness (QED) is 0.433. The molecule has 1 fully saturated rings. The van der Waals surface area contributed by atoms with Gasteiger partial charge < -0.3 is 33.2 Å². The summed E-state index contributed by atoms with van der Waals surface area (Å²) in [6.07, 6.45) is -0.759. The number of ether oxygens (including phenoxy) is 7. The van der Waals surface area contributed by atoms with Gasteiger partial charge in [0.05, 0.1) is 19.6 Å². The highest BCUT2D eigenvalue weighted by Gasteiger charge is 2.54. The highest BCUT2D eigenvalue weighted by atomic mass is 16.7. The van der Waals surface area contributed by atoms with Gasteiger partial charge in [0.25, 0.3) is 0 Å². The Labute approximate surface area is 211 Å². The summed E-state index contributed by atoms with van der Waals surface area (Å²) < 4.78 is 38.4. The van der Waals surface area contributed by atoms with Crippen LogP contribution in [0.4, 0.5) is 0 Å². The third-order valence-electron chi connectivity index (χ3n) is 6.53. The second-order valence-electron chi connectivity index (χ2n) is 8.90. The van der Waals surface area contributed by atoms with E-state index in [9.17, 15) is 19.2 Å². The standard InChI is InChI=1S/C26H24O11/c1-11(27)35-21-6-14(5-20(31-4)25(21)37-13(3)29)22-15-7-18-19(34-10-33-18)8-16(15)24(36-12(2)28)17-9-32-26(30)23(17)22/h5-8,17,22-24H,9-10H2,1-4H3/t17-,22+,23-,24-/m0/s1. The lowest BCUT2D eigenvalue weighted by atomic mass is 9.66. The monoisotopic (exact) mass is 512 g/mol. The molecule has 0 spiro atoms. The molecule has 11 heteroatoms. The van der Waals surface area contributed by atoms with Crippen molar-refractivity contribution in [2.45, 2.75) is 32.8 Å². The van der Waals surface area contributed by atoms with Crippen LogP contribution in [0.5, 0.6) is 28.7 Å². The van der Waals surface area contributed by atoms with Crippen molar-refractivity contribution in [1.29, 1.82) is 0 Å². The lowest BCUT2D eigenvalue weighted by molar-refractivity contribution is -0.152. The molecule has 11 nitrogen and oxygen atoms in total. The van der Waals surface area contributed by atoms with Crippen molar-refractivity contribution in [1.82, 2.24) is 0 Å². The van der Waals surface area contributed by atoms with Crippen molar-refractivity contribution in [3.8, 4) is 28.7 Å². The van der Waals surface area contributed by atoms with Crippen molar-refractivity contribution in [3.63, 3.8) is 0 Å². The molecule has 5 rings (SSSR count). The first-order chi connectivity index (χ1) is 17.7. The first-order valence-electron chi connectivity index (χ1n) is 11.5. The third-order valence-corrected chi connectivity index (χ3v) is 6.53. The second-order valence-corrected chi connectivity index (χ2v) is 8.90. The summed E-state index contributed by atoms with van der Waals surface area (Å²) in [7, 11) is 1.37. The zero-order valence-electron chi connectivity index (χ0n) is 20.5. The summed E-state index contributed by atoms with van der Waals surface area (Å²) in [6, 6.07) is 6.63. The molecular weight excluding hydrogens is 488 g/mol. The number of hydrogen-bond acceptors (Lipinski definition) is 11. The van der Waals surface area contributed by atoms with Gasteiger partial charge in [-0.2, -0.15) is 0 Å². The van der Waals surface area contributed by atoms with Gasteiger partial charge in [0.2, 0.25) is 12.5 Å².